The van der Waals surface area contributed by atoms with Crippen LogP contribution in [0.2, 0.25) is 0 Å². The topological polar surface area (TPSA) is 82.4 Å². The molecule has 2 aromatic heterocycles. The molecule has 0 spiro atoms. The highest BCUT2D eigenvalue weighted by atomic mass is 19.4. The van der Waals surface area contributed by atoms with Crippen LogP contribution in [0.15, 0.2) is 54.9 Å². The molecule has 30 heavy (non-hydrogen) atoms. The molecule has 2 atom stereocenters. The number of nitrogens with zero attached hydrogens (tertiary/aromatic N) is 4. The van der Waals surface area contributed by atoms with E-state index in [1.165, 1.54) is 12.1 Å². The number of halogens is 3. The first-order chi connectivity index (χ1) is 14.3. The van der Waals surface area contributed by atoms with Crippen molar-refractivity contribution in [2.75, 3.05) is 24.6 Å². The zero-order chi connectivity index (χ0) is 21.3. The van der Waals surface area contributed by atoms with E-state index in [0.717, 1.165) is 12.1 Å². The highest BCUT2D eigenvalue weighted by Gasteiger charge is 2.32. The van der Waals surface area contributed by atoms with Gasteiger partial charge in [0.2, 0.25) is 0 Å². The summed E-state index contributed by atoms with van der Waals surface area (Å²) in [5, 5.41) is 19.6. The molecule has 1 aliphatic heterocycles. The van der Waals surface area contributed by atoms with Crippen LogP contribution in [-0.4, -0.2) is 51.0 Å². The Morgan fingerprint density at radius 3 is 2.40 bits per heavy atom. The van der Waals surface area contributed by atoms with Crippen LogP contribution in [0.4, 0.5) is 19.0 Å². The first kappa shape index (κ1) is 20.2. The molecule has 1 aliphatic rings. The van der Waals surface area contributed by atoms with Crippen LogP contribution in [0.1, 0.15) is 5.56 Å². The van der Waals surface area contributed by atoms with Crippen LogP contribution < -0.4 is 4.90 Å². The lowest BCUT2D eigenvalue weighted by molar-refractivity contribution is -0.137. The molecule has 2 N–H and O–H groups in total. The lowest BCUT2D eigenvalue weighted by Crippen LogP contribution is -2.22. The lowest BCUT2D eigenvalue weighted by Gasteiger charge is -2.19. The van der Waals surface area contributed by atoms with Crippen molar-refractivity contribution in [1.29, 1.82) is 0 Å². The summed E-state index contributed by atoms with van der Waals surface area (Å²) in [4.78, 5) is 15.0. The fourth-order valence-corrected chi connectivity index (χ4v) is 3.42. The molecule has 0 unspecified atom stereocenters. The maximum atomic E-state index is 12.9. The van der Waals surface area contributed by atoms with Gasteiger partial charge in [0.05, 0.1) is 24.0 Å². The SMILES string of the molecule is OC[C@H]1CN(c2cc(-c3ccc(C(F)(F)F)cc3)nc(-c3cccnc3)n2)C[C@@H]1O. The number of pyridine rings is 1. The summed E-state index contributed by atoms with van der Waals surface area (Å²) in [6.45, 7) is 0.554. The minimum atomic E-state index is -4.42. The summed E-state index contributed by atoms with van der Waals surface area (Å²) in [6, 6.07) is 9.98. The van der Waals surface area contributed by atoms with Gasteiger partial charge in [0.15, 0.2) is 5.82 Å². The van der Waals surface area contributed by atoms with Gasteiger partial charge in [-0.25, -0.2) is 9.97 Å². The van der Waals surface area contributed by atoms with Gasteiger partial charge < -0.3 is 15.1 Å². The normalized spacial score (nSPS) is 19.3. The average molecular weight is 416 g/mol. The second kappa shape index (κ2) is 8.00. The number of aromatic nitrogens is 3. The van der Waals surface area contributed by atoms with Gasteiger partial charge in [0.1, 0.15) is 5.82 Å². The second-order valence-corrected chi connectivity index (χ2v) is 7.17. The van der Waals surface area contributed by atoms with Gasteiger partial charge in [-0.3, -0.25) is 4.98 Å². The first-order valence-corrected chi connectivity index (χ1v) is 9.36. The zero-order valence-electron chi connectivity index (χ0n) is 15.8. The molecule has 3 heterocycles. The highest BCUT2D eigenvalue weighted by molar-refractivity contribution is 5.68. The molecule has 0 bridgehead atoms. The smallest absolute Gasteiger partial charge is 0.396 e. The van der Waals surface area contributed by atoms with Crippen molar-refractivity contribution < 1.29 is 23.4 Å². The molecule has 0 aliphatic carbocycles. The van der Waals surface area contributed by atoms with E-state index in [0.29, 0.717) is 41.6 Å². The third kappa shape index (κ3) is 4.12. The summed E-state index contributed by atoms with van der Waals surface area (Å²) in [7, 11) is 0. The van der Waals surface area contributed by atoms with Crippen molar-refractivity contribution in [2.24, 2.45) is 5.92 Å². The van der Waals surface area contributed by atoms with Gasteiger partial charge in [-0.15, -0.1) is 0 Å². The molecule has 1 aromatic carbocycles. The Kier molecular flexibility index (Phi) is 5.40. The molecule has 3 aromatic rings. The van der Waals surface area contributed by atoms with E-state index in [1.54, 1.807) is 30.6 Å². The van der Waals surface area contributed by atoms with Gasteiger partial charge in [-0.05, 0) is 24.3 Å². The maximum absolute atomic E-state index is 12.9. The van der Waals surface area contributed by atoms with Gasteiger partial charge in [-0.1, -0.05) is 12.1 Å². The Balaban J connectivity index is 1.76. The maximum Gasteiger partial charge on any atom is 0.416 e. The first-order valence-electron chi connectivity index (χ1n) is 9.36. The quantitative estimate of drug-likeness (QED) is 0.681. The van der Waals surface area contributed by atoms with Gasteiger partial charge >= 0.3 is 6.18 Å². The van der Waals surface area contributed by atoms with E-state index in [4.69, 9.17) is 0 Å². The molecule has 0 radical (unpaired) electrons. The van der Waals surface area contributed by atoms with E-state index >= 15 is 0 Å². The molecule has 0 saturated carbocycles. The summed E-state index contributed by atoms with van der Waals surface area (Å²) in [5.74, 6) is 0.600. The number of alkyl halides is 3. The Hall–Kier alpha value is -3.04. The fourth-order valence-electron chi connectivity index (χ4n) is 3.42. The third-order valence-corrected chi connectivity index (χ3v) is 5.11. The summed E-state index contributed by atoms with van der Waals surface area (Å²) in [6.07, 6.45) is -1.89. The summed E-state index contributed by atoms with van der Waals surface area (Å²) < 4.78 is 38.7. The van der Waals surface area contributed by atoms with Gasteiger partial charge in [0.25, 0.3) is 0 Å². The predicted molar refractivity (Wildman–Crippen MR) is 104 cm³/mol. The van der Waals surface area contributed by atoms with Gasteiger partial charge in [-0.2, -0.15) is 13.2 Å². The van der Waals surface area contributed by atoms with Crippen molar-refractivity contribution in [3.8, 4) is 22.6 Å². The van der Waals surface area contributed by atoms with Crippen molar-refractivity contribution in [3.63, 3.8) is 0 Å². The Bertz CT molecular complexity index is 1010. The molecular weight excluding hydrogens is 397 g/mol. The highest BCUT2D eigenvalue weighted by Crippen LogP contribution is 2.32. The van der Waals surface area contributed by atoms with Crippen molar-refractivity contribution in [3.05, 3.63) is 60.4 Å². The minimum absolute atomic E-state index is 0.149. The molecule has 9 heteroatoms. The number of aliphatic hydroxyl groups excluding tert-OH is 2. The molecule has 6 nitrogen and oxygen atoms in total. The summed E-state index contributed by atoms with van der Waals surface area (Å²) in [5.41, 5.74) is 0.886. The number of anilines is 1. The molecule has 1 saturated heterocycles. The monoisotopic (exact) mass is 416 g/mol. The van der Waals surface area contributed by atoms with E-state index in [2.05, 4.69) is 15.0 Å². The number of β-amino-alcohol motifs (C(OH)–C–C–N with tert-alkyl or cyclic N) is 1. The number of hydrogen-bond acceptors (Lipinski definition) is 6. The Labute approximate surface area is 170 Å². The van der Waals surface area contributed by atoms with E-state index in [-0.39, 0.29) is 12.5 Å². The van der Waals surface area contributed by atoms with Crippen LogP contribution in [-0.2, 0) is 6.18 Å². The zero-order valence-corrected chi connectivity index (χ0v) is 15.8. The molecule has 1 fully saturated rings. The van der Waals surface area contributed by atoms with Gasteiger partial charge in [0, 0.05) is 48.6 Å². The number of rotatable bonds is 4. The van der Waals surface area contributed by atoms with Crippen molar-refractivity contribution in [1.82, 2.24) is 15.0 Å². The summed E-state index contributed by atoms with van der Waals surface area (Å²) >= 11 is 0. The predicted octanol–water partition coefficient (Wildman–Crippen LogP) is 3.01. The Morgan fingerprint density at radius 1 is 1.03 bits per heavy atom. The molecule has 4 rings (SSSR count). The second-order valence-electron chi connectivity index (χ2n) is 7.17. The standard InChI is InChI=1S/C21H19F3N4O2/c22-21(23,24)16-5-3-13(4-6-16)17-8-19(28-10-15(12-29)18(30)11-28)27-20(26-17)14-2-1-7-25-9-14/h1-9,15,18,29-30H,10-12H2/t15-,18+/m1/s1. The number of hydrogen-bond donors (Lipinski definition) is 2. The fraction of sp³-hybridized carbons (Fsp3) is 0.286. The van der Waals surface area contributed by atoms with Crippen molar-refractivity contribution >= 4 is 5.82 Å². The molecular formula is C21H19F3N4O2. The van der Waals surface area contributed by atoms with Crippen LogP contribution in [0.25, 0.3) is 22.6 Å². The van der Waals surface area contributed by atoms with Crippen LogP contribution in [0.5, 0.6) is 0 Å². The van der Waals surface area contributed by atoms with Crippen LogP contribution >= 0.6 is 0 Å². The molecule has 0 amide bonds. The van der Waals surface area contributed by atoms with Crippen molar-refractivity contribution in [2.45, 2.75) is 12.3 Å². The van der Waals surface area contributed by atoms with E-state index in [1.807, 2.05) is 4.90 Å². The van der Waals surface area contributed by atoms with E-state index in [9.17, 15) is 23.4 Å². The minimum Gasteiger partial charge on any atom is -0.396 e. The Morgan fingerprint density at radius 2 is 1.80 bits per heavy atom. The van der Waals surface area contributed by atoms with Crippen LogP contribution in [0.3, 0.4) is 0 Å². The third-order valence-electron chi connectivity index (χ3n) is 5.11. The van der Waals surface area contributed by atoms with Crippen LogP contribution in [0, 0.1) is 5.92 Å². The average Bonchev–Trinajstić information content (AvgIpc) is 3.14. The number of benzene rings is 1. The largest absolute Gasteiger partial charge is 0.416 e. The molecule has 156 valence electrons. The lowest BCUT2D eigenvalue weighted by atomic mass is 10.1. The van der Waals surface area contributed by atoms with E-state index < -0.39 is 17.8 Å². The number of aliphatic hydroxyl groups is 2.